The van der Waals surface area contributed by atoms with Gasteiger partial charge >= 0.3 is 6.03 Å². The first-order valence-corrected chi connectivity index (χ1v) is 3.50. The van der Waals surface area contributed by atoms with E-state index in [0.29, 0.717) is 6.54 Å². The predicted octanol–water partition coefficient (Wildman–Crippen LogP) is 0.918. The van der Waals surface area contributed by atoms with Crippen molar-refractivity contribution < 1.29 is 4.79 Å². The number of rotatable bonds is 3. The van der Waals surface area contributed by atoms with E-state index in [9.17, 15) is 4.79 Å². The van der Waals surface area contributed by atoms with Crippen LogP contribution in [0.4, 0.5) is 4.79 Å². The lowest BCUT2D eigenvalue weighted by molar-refractivity contribution is 0.239. The molecule has 0 aliphatic rings. The molecule has 59 valence electrons. The fourth-order valence-electron chi connectivity index (χ4n) is 0.515. The first-order chi connectivity index (χ1) is 4.66. The molecular formula is C7H15N2O. The van der Waals surface area contributed by atoms with E-state index in [2.05, 4.69) is 17.6 Å². The molecular weight excluding hydrogens is 128 g/mol. The Morgan fingerprint density at radius 3 is 2.60 bits per heavy atom. The molecule has 0 aliphatic heterocycles. The Balaban J connectivity index is 3.26. The molecule has 2 amide bonds. The highest BCUT2D eigenvalue weighted by atomic mass is 16.2. The van der Waals surface area contributed by atoms with Crippen LogP contribution in [0.15, 0.2) is 0 Å². The molecule has 2 N–H and O–H groups in total. The molecule has 3 nitrogen and oxygen atoms in total. The van der Waals surface area contributed by atoms with E-state index in [1.165, 1.54) is 0 Å². The van der Waals surface area contributed by atoms with Crippen molar-refractivity contribution in [2.24, 2.45) is 0 Å². The van der Waals surface area contributed by atoms with Gasteiger partial charge in [-0.1, -0.05) is 6.92 Å². The molecule has 0 aromatic carbocycles. The van der Waals surface area contributed by atoms with E-state index < -0.39 is 0 Å². The van der Waals surface area contributed by atoms with Crippen molar-refractivity contribution in [1.82, 2.24) is 10.6 Å². The summed E-state index contributed by atoms with van der Waals surface area (Å²) < 4.78 is 0. The van der Waals surface area contributed by atoms with Gasteiger partial charge in [0, 0.05) is 12.6 Å². The van der Waals surface area contributed by atoms with Crippen LogP contribution < -0.4 is 10.6 Å². The highest BCUT2D eigenvalue weighted by molar-refractivity contribution is 5.73. The normalized spacial score (nSPS) is 9.60. The summed E-state index contributed by atoms with van der Waals surface area (Å²) in [6, 6.07) is 0.0865. The molecule has 1 radical (unpaired) electrons. The van der Waals surface area contributed by atoms with Gasteiger partial charge in [0.2, 0.25) is 0 Å². The highest BCUT2D eigenvalue weighted by Gasteiger charge is 1.98. The molecule has 0 aromatic rings. The van der Waals surface area contributed by atoms with E-state index >= 15 is 0 Å². The number of amides is 2. The van der Waals surface area contributed by atoms with Crippen LogP contribution in [-0.4, -0.2) is 18.6 Å². The minimum Gasteiger partial charge on any atom is -0.338 e. The van der Waals surface area contributed by atoms with Gasteiger partial charge in [-0.15, -0.1) is 0 Å². The summed E-state index contributed by atoms with van der Waals surface area (Å²) in [6.45, 7) is 8.07. The minimum absolute atomic E-state index is 0.112. The number of hydrogen-bond acceptors (Lipinski definition) is 1. The van der Waals surface area contributed by atoms with Gasteiger partial charge < -0.3 is 10.6 Å². The summed E-state index contributed by atoms with van der Waals surface area (Å²) in [4.78, 5) is 10.8. The van der Waals surface area contributed by atoms with Crippen LogP contribution in [0.3, 0.4) is 0 Å². The van der Waals surface area contributed by atoms with Gasteiger partial charge in [-0.25, -0.2) is 4.79 Å². The van der Waals surface area contributed by atoms with E-state index in [4.69, 9.17) is 0 Å². The van der Waals surface area contributed by atoms with Gasteiger partial charge in [0.15, 0.2) is 0 Å². The zero-order chi connectivity index (χ0) is 7.98. The van der Waals surface area contributed by atoms with Crippen molar-refractivity contribution in [3.8, 4) is 0 Å². The molecule has 0 fully saturated rings. The summed E-state index contributed by atoms with van der Waals surface area (Å²) in [6.07, 6.45) is 0.728. The lowest BCUT2D eigenvalue weighted by Crippen LogP contribution is -2.39. The van der Waals surface area contributed by atoms with Crippen LogP contribution in [0.5, 0.6) is 0 Å². The Hall–Kier alpha value is -0.730. The number of urea groups is 1. The second kappa shape index (κ2) is 5.09. The van der Waals surface area contributed by atoms with Crippen LogP contribution in [-0.2, 0) is 0 Å². The van der Waals surface area contributed by atoms with Gasteiger partial charge in [0.25, 0.3) is 0 Å². The van der Waals surface area contributed by atoms with Crippen molar-refractivity contribution in [3.05, 3.63) is 6.92 Å². The summed E-state index contributed by atoms with van der Waals surface area (Å²) in [5.74, 6) is 0. The van der Waals surface area contributed by atoms with E-state index in [1.807, 2.05) is 13.8 Å². The molecule has 0 atom stereocenters. The van der Waals surface area contributed by atoms with Crippen molar-refractivity contribution in [2.45, 2.75) is 26.3 Å². The van der Waals surface area contributed by atoms with Crippen LogP contribution in [0.25, 0.3) is 0 Å². The van der Waals surface area contributed by atoms with Crippen LogP contribution in [0.1, 0.15) is 20.3 Å². The van der Waals surface area contributed by atoms with Gasteiger partial charge in [-0.2, -0.15) is 0 Å². The summed E-state index contributed by atoms with van der Waals surface area (Å²) >= 11 is 0. The molecule has 0 rings (SSSR count). The monoisotopic (exact) mass is 143 g/mol. The maximum absolute atomic E-state index is 10.8. The number of carbonyl (C=O) groups is 1. The molecule has 0 unspecified atom stereocenters. The van der Waals surface area contributed by atoms with Crippen LogP contribution >= 0.6 is 0 Å². The first-order valence-electron chi connectivity index (χ1n) is 3.50. The first kappa shape index (κ1) is 9.27. The summed E-state index contributed by atoms with van der Waals surface area (Å²) in [5.41, 5.74) is 0. The quantitative estimate of drug-likeness (QED) is 0.606. The molecule has 0 bridgehead atoms. The van der Waals surface area contributed by atoms with E-state index in [0.717, 1.165) is 6.42 Å². The van der Waals surface area contributed by atoms with Gasteiger partial charge in [-0.05, 0) is 20.3 Å². The lowest BCUT2D eigenvalue weighted by Gasteiger charge is -2.08. The van der Waals surface area contributed by atoms with Crippen LogP contribution in [0.2, 0.25) is 0 Å². The Kier molecular flexibility index (Phi) is 4.72. The maximum atomic E-state index is 10.8. The third kappa shape index (κ3) is 5.41. The third-order valence-corrected chi connectivity index (χ3v) is 0.882. The standard InChI is InChI=1S/C7H15N2O/c1-4-5-8-7(10)9-6(2)3/h6H,1,4-5H2,2-3H3,(H2,8,9,10). The summed E-state index contributed by atoms with van der Waals surface area (Å²) in [5, 5.41) is 5.35. The summed E-state index contributed by atoms with van der Waals surface area (Å²) in [7, 11) is 0. The van der Waals surface area contributed by atoms with Crippen LogP contribution in [0, 0.1) is 6.92 Å². The number of nitrogens with one attached hydrogen (secondary N) is 2. The second-order valence-electron chi connectivity index (χ2n) is 2.41. The number of hydrogen-bond donors (Lipinski definition) is 2. The van der Waals surface area contributed by atoms with E-state index in [-0.39, 0.29) is 12.1 Å². The average molecular weight is 143 g/mol. The average Bonchev–Trinajstić information content (AvgIpc) is 1.82. The Bertz CT molecular complexity index is 102. The zero-order valence-electron chi connectivity index (χ0n) is 6.61. The Labute approximate surface area is 62.2 Å². The van der Waals surface area contributed by atoms with Crippen molar-refractivity contribution in [3.63, 3.8) is 0 Å². The van der Waals surface area contributed by atoms with Gasteiger partial charge in [0.05, 0.1) is 0 Å². The second-order valence-corrected chi connectivity index (χ2v) is 2.41. The molecule has 0 spiro atoms. The smallest absolute Gasteiger partial charge is 0.314 e. The zero-order valence-corrected chi connectivity index (χ0v) is 6.61. The Morgan fingerprint density at radius 2 is 2.20 bits per heavy atom. The molecule has 0 heterocycles. The topological polar surface area (TPSA) is 41.1 Å². The third-order valence-electron chi connectivity index (χ3n) is 0.882. The Morgan fingerprint density at radius 1 is 1.60 bits per heavy atom. The highest BCUT2D eigenvalue weighted by Crippen LogP contribution is 1.76. The van der Waals surface area contributed by atoms with Crippen molar-refractivity contribution in [1.29, 1.82) is 0 Å². The molecule has 0 saturated heterocycles. The van der Waals surface area contributed by atoms with E-state index in [1.54, 1.807) is 0 Å². The number of carbonyl (C=O) groups excluding carboxylic acids is 1. The largest absolute Gasteiger partial charge is 0.338 e. The maximum Gasteiger partial charge on any atom is 0.314 e. The fourth-order valence-corrected chi connectivity index (χ4v) is 0.515. The molecule has 10 heavy (non-hydrogen) atoms. The molecule has 0 aromatic heterocycles. The molecule has 0 saturated carbocycles. The SMILES string of the molecule is [CH2]CCNC(=O)NC(C)C. The van der Waals surface area contributed by atoms with Crippen molar-refractivity contribution >= 4 is 6.03 Å². The van der Waals surface area contributed by atoms with Gasteiger partial charge in [-0.3, -0.25) is 0 Å². The fraction of sp³-hybridized carbons (Fsp3) is 0.714. The molecule has 0 aliphatic carbocycles. The minimum atomic E-state index is -0.112. The van der Waals surface area contributed by atoms with Crippen molar-refractivity contribution in [2.75, 3.05) is 6.54 Å². The molecule has 3 heteroatoms. The lowest BCUT2D eigenvalue weighted by atomic mass is 10.4. The predicted molar refractivity (Wildman–Crippen MR) is 41.6 cm³/mol. The van der Waals surface area contributed by atoms with Gasteiger partial charge in [0.1, 0.15) is 0 Å².